The quantitative estimate of drug-likeness (QED) is 0.628. The van der Waals surface area contributed by atoms with Gasteiger partial charge >= 0.3 is 0 Å². The van der Waals surface area contributed by atoms with Gasteiger partial charge in [0.25, 0.3) is 5.91 Å². The summed E-state index contributed by atoms with van der Waals surface area (Å²) in [5.74, 6) is 1.14. The van der Waals surface area contributed by atoms with E-state index in [2.05, 4.69) is 20.5 Å². The number of furan rings is 1. The van der Waals surface area contributed by atoms with E-state index in [9.17, 15) is 9.59 Å². The molecule has 0 fully saturated rings. The van der Waals surface area contributed by atoms with Crippen LogP contribution in [0.15, 0.2) is 41.0 Å². The van der Waals surface area contributed by atoms with Gasteiger partial charge in [-0.1, -0.05) is 0 Å². The normalized spacial score (nSPS) is 15.2. The van der Waals surface area contributed by atoms with Crippen molar-refractivity contribution in [2.75, 3.05) is 36.9 Å². The second-order valence-electron chi connectivity index (χ2n) is 7.19. The minimum absolute atomic E-state index is 0.101. The number of nitrogens with zero attached hydrogens (tertiary/aromatic N) is 2. The van der Waals surface area contributed by atoms with Gasteiger partial charge in [-0.2, -0.15) is 0 Å². The molecule has 3 aromatic rings. The molecule has 2 aliphatic rings. The molecule has 9 nitrogen and oxygen atoms in total. The van der Waals surface area contributed by atoms with Crippen molar-refractivity contribution in [3.05, 3.63) is 52.9 Å². The molecular formula is C21H20N4O5S. The third kappa shape index (κ3) is 4.39. The van der Waals surface area contributed by atoms with Crippen LogP contribution in [-0.4, -0.2) is 48.0 Å². The fourth-order valence-corrected chi connectivity index (χ4v) is 4.57. The van der Waals surface area contributed by atoms with Crippen molar-refractivity contribution in [1.82, 2.24) is 9.88 Å². The summed E-state index contributed by atoms with van der Waals surface area (Å²) in [6.45, 7) is 2.62. The Labute approximate surface area is 182 Å². The van der Waals surface area contributed by atoms with Crippen LogP contribution in [0.4, 0.5) is 10.8 Å². The molecule has 31 heavy (non-hydrogen) atoms. The van der Waals surface area contributed by atoms with E-state index in [1.165, 1.54) is 17.6 Å². The number of carbonyl (C=O) groups excluding carboxylic acids is 2. The van der Waals surface area contributed by atoms with E-state index in [1.54, 1.807) is 30.3 Å². The minimum Gasteiger partial charge on any atom is -0.486 e. The highest BCUT2D eigenvalue weighted by Crippen LogP contribution is 2.33. The average Bonchev–Trinajstić information content (AvgIpc) is 3.43. The van der Waals surface area contributed by atoms with Crippen LogP contribution >= 0.6 is 11.3 Å². The van der Waals surface area contributed by atoms with Crippen molar-refractivity contribution >= 4 is 34.0 Å². The lowest BCUT2D eigenvalue weighted by atomic mass is 10.2. The topological polar surface area (TPSA) is 106 Å². The summed E-state index contributed by atoms with van der Waals surface area (Å²) in [7, 11) is 0. The predicted molar refractivity (Wildman–Crippen MR) is 114 cm³/mol. The van der Waals surface area contributed by atoms with Crippen molar-refractivity contribution in [2.45, 2.75) is 13.0 Å². The first kappa shape index (κ1) is 19.6. The molecule has 1 aromatic carbocycles. The SMILES string of the molecule is O=C(CN1CCc2nc(NC(=O)c3ccco3)sc2C1)Nc1ccc2c(c1)OCCO2. The van der Waals surface area contributed by atoms with Crippen molar-refractivity contribution in [1.29, 1.82) is 0 Å². The Morgan fingerprint density at radius 1 is 1.13 bits per heavy atom. The molecule has 0 saturated carbocycles. The van der Waals surface area contributed by atoms with Crippen molar-refractivity contribution in [3.8, 4) is 11.5 Å². The molecule has 0 aliphatic carbocycles. The number of fused-ring (bicyclic) bond motifs is 2. The largest absolute Gasteiger partial charge is 0.486 e. The first-order valence-corrected chi connectivity index (χ1v) is 10.7. The molecule has 0 spiro atoms. The summed E-state index contributed by atoms with van der Waals surface area (Å²) in [6.07, 6.45) is 2.18. The van der Waals surface area contributed by atoms with Gasteiger partial charge in [0.15, 0.2) is 22.4 Å². The number of rotatable bonds is 5. The lowest BCUT2D eigenvalue weighted by molar-refractivity contribution is -0.117. The Hall–Kier alpha value is -3.37. The fraction of sp³-hybridized carbons (Fsp3) is 0.286. The van der Waals surface area contributed by atoms with Crippen LogP contribution in [0.5, 0.6) is 11.5 Å². The van der Waals surface area contributed by atoms with Gasteiger partial charge in [-0.05, 0) is 24.3 Å². The van der Waals surface area contributed by atoms with Crippen LogP contribution in [0.25, 0.3) is 0 Å². The highest BCUT2D eigenvalue weighted by molar-refractivity contribution is 7.15. The lowest BCUT2D eigenvalue weighted by Gasteiger charge is -2.25. The molecule has 2 aliphatic heterocycles. The molecule has 2 N–H and O–H groups in total. The van der Waals surface area contributed by atoms with Gasteiger partial charge in [0.05, 0.1) is 18.5 Å². The molecule has 10 heteroatoms. The fourth-order valence-electron chi connectivity index (χ4n) is 3.53. The zero-order chi connectivity index (χ0) is 21.2. The van der Waals surface area contributed by atoms with Gasteiger partial charge in [-0.15, -0.1) is 11.3 Å². The standard InChI is InChI=1S/C21H20N4O5S/c26-19(22-13-3-4-15-17(10-13)30-9-8-29-15)12-25-6-5-14-18(11-25)31-21(23-14)24-20(27)16-2-1-7-28-16/h1-4,7,10H,5-6,8-9,11-12H2,(H,22,26)(H,23,24,27). The molecule has 5 rings (SSSR count). The molecule has 2 amide bonds. The summed E-state index contributed by atoms with van der Waals surface area (Å²) in [6, 6.07) is 8.64. The summed E-state index contributed by atoms with van der Waals surface area (Å²) in [4.78, 5) is 32.3. The third-order valence-corrected chi connectivity index (χ3v) is 5.97. The summed E-state index contributed by atoms with van der Waals surface area (Å²) in [5.41, 5.74) is 1.64. The second kappa shape index (κ2) is 8.40. The Morgan fingerprint density at radius 2 is 2.00 bits per heavy atom. The van der Waals surface area contributed by atoms with Crippen LogP contribution in [0.2, 0.25) is 0 Å². The van der Waals surface area contributed by atoms with E-state index in [0.717, 1.165) is 23.5 Å². The summed E-state index contributed by atoms with van der Waals surface area (Å²) < 4.78 is 16.2. The van der Waals surface area contributed by atoms with E-state index in [0.29, 0.717) is 42.1 Å². The number of anilines is 2. The van der Waals surface area contributed by atoms with Gasteiger partial charge in [0, 0.05) is 36.1 Å². The van der Waals surface area contributed by atoms with E-state index in [4.69, 9.17) is 13.9 Å². The van der Waals surface area contributed by atoms with Gasteiger partial charge in [-0.25, -0.2) is 4.98 Å². The molecule has 0 saturated heterocycles. The highest BCUT2D eigenvalue weighted by Gasteiger charge is 2.23. The van der Waals surface area contributed by atoms with Crippen molar-refractivity contribution < 1.29 is 23.5 Å². The van der Waals surface area contributed by atoms with Gasteiger partial charge in [0.1, 0.15) is 13.2 Å². The molecule has 0 bridgehead atoms. The minimum atomic E-state index is -0.327. The molecular weight excluding hydrogens is 420 g/mol. The first-order chi connectivity index (χ1) is 15.1. The number of nitrogens with one attached hydrogen (secondary N) is 2. The maximum absolute atomic E-state index is 12.5. The molecule has 0 unspecified atom stereocenters. The van der Waals surface area contributed by atoms with E-state index in [1.807, 2.05) is 0 Å². The van der Waals surface area contributed by atoms with Crippen LogP contribution in [-0.2, 0) is 17.8 Å². The maximum atomic E-state index is 12.5. The van der Waals surface area contributed by atoms with Crippen LogP contribution < -0.4 is 20.1 Å². The Balaban J connectivity index is 1.17. The Kier molecular flexibility index (Phi) is 5.31. The smallest absolute Gasteiger partial charge is 0.293 e. The Morgan fingerprint density at radius 3 is 2.84 bits per heavy atom. The lowest BCUT2D eigenvalue weighted by Crippen LogP contribution is -2.36. The van der Waals surface area contributed by atoms with Crippen molar-refractivity contribution in [3.63, 3.8) is 0 Å². The number of hydrogen-bond acceptors (Lipinski definition) is 8. The third-order valence-electron chi connectivity index (χ3n) is 4.97. The number of carbonyl (C=O) groups is 2. The van der Waals surface area contributed by atoms with Crippen LogP contribution in [0, 0.1) is 0 Å². The zero-order valence-electron chi connectivity index (χ0n) is 16.6. The first-order valence-electron chi connectivity index (χ1n) is 9.89. The zero-order valence-corrected chi connectivity index (χ0v) is 17.4. The molecule has 2 aromatic heterocycles. The van der Waals surface area contributed by atoms with E-state index < -0.39 is 0 Å². The summed E-state index contributed by atoms with van der Waals surface area (Å²) in [5, 5.41) is 6.22. The number of ether oxygens (including phenoxy) is 2. The molecule has 160 valence electrons. The number of amides is 2. The van der Waals surface area contributed by atoms with Gasteiger partial charge in [0.2, 0.25) is 5.91 Å². The predicted octanol–water partition coefficient (Wildman–Crippen LogP) is 2.76. The second-order valence-corrected chi connectivity index (χ2v) is 8.27. The molecule has 0 radical (unpaired) electrons. The molecule has 4 heterocycles. The highest BCUT2D eigenvalue weighted by atomic mass is 32.1. The number of hydrogen-bond donors (Lipinski definition) is 2. The van der Waals surface area contributed by atoms with E-state index >= 15 is 0 Å². The van der Waals surface area contributed by atoms with E-state index in [-0.39, 0.29) is 24.1 Å². The van der Waals surface area contributed by atoms with Gasteiger partial charge < -0.3 is 19.2 Å². The number of thiazole rings is 1. The average molecular weight is 440 g/mol. The van der Waals surface area contributed by atoms with Crippen LogP contribution in [0.1, 0.15) is 21.1 Å². The Bertz CT molecular complexity index is 1110. The molecule has 0 atom stereocenters. The van der Waals surface area contributed by atoms with Gasteiger partial charge in [-0.3, -0.25) is 19.8 Å². The van der Waals surface area contributed by atoms with Crippen molar-refractivity contribution in [2.24, 2.45) is 0 Å². The van der Waals surface area contributed by atoms with Crippen LogP contribution in [0.3, 0.4) is 0 Å². The summed E-state index contributed by atoms with van der Waals surface area (Å²) >= 11 is 1.42. The maximum Gasteiger partial charge on any atom is 0.293 e. The number of aromatic nitrogens is 1. The monoisotopic (exact) mass is 440 g/mol. The number of benzene rings is 1.